The fourth-order valence-corrected chi connectivity index (χ4v) is 8.14. The minimum Gasteiger partial charge on any atom is -0.453 e. The highest BCUT2D eigenvalue weighted by molar-refractivity contribution is 6.02. The Bertz CT molecular complexity index is 1940. The van der Waals surface area contributed by atoms with Crippen LogP contribution in [0.2, 0.25) is 0 Å². The number of hydrogen-bond acceptors (Lipinski definition) is 8. The van der Waals surface area contributed by atoms with Crippen LogP contribution in [0, 0.1) is 10.8 Å². The summed E-state index contributed by atoms with van der Waals surface area (Å²) in [5.41, 5.74) is 6.95. The van der Waals surface area contributed by atoms with E-state index in [0.717, 1.165) is 78.6 Å². The minimum absolute atomic E-state index is 0.109. The summed E-state index contributed by atoms with van der Waals surface area (Å²) in [5.74, 6) is -0.860. The lowest BCUT2D eigenvalue weighted by Crippen LogP contribution is -2.46. The van der Waals surface area contributed by atoms with Gasteiger partial charge >= 0.3 is 11.9 Å². The summed E-state index contributed by atoms with van der Waals surface area (Å²) in [4.78, 5) is 51.8. The van der Waals surface area contributed by atoms with Crippen molar-refractivity contribution in [2.24, 2.45) is 10.8 Å². The molecule has 0 aromatic rings. The zero-order valence-electron chi connectivity index (χ0n) is 39.2. The standard InChI is InChI=1S/C51H68N2O6.C2H6/c1-34(20-15-22-36(3)26-28-40-38(5)46(54)44(32-50(40,7)8)58-48(56)42-24-13-14-30-52-42)18-11-12-19-35(2)21-16-23-37(4)27-29-41-39(6)47(55)45(33-51(41,9)10)59-49(57)43-25-17-31-53-43;1-2/h11-12,15-16,18-23,26-29,42-45,52-53H,13-14,17,24-25,30-33H2,1-10H3;1-2H3/b12-11+,20-15+,21-16+,28-26+,29-27+,34-18+,35-19+,36-22+,37-23+;. The maximum atomic E-state index is 13.2. The lowest BCUT2D eigenvalue weighted by atomic mass is 9.71. The number of carbonyl (C=O) groups excluding carboxylic acids is 4. The van der Waals surface area contributed by atoms with Crippen LogP contribution in [0.15, 0.2) is 130 Å². The molecule has 8 heteroatoms. The second kappa shape index (κ2) is 24.1. The minimum atomic E-state index is -0.744. The van der Waals surface area contributed by atoms with Crippen LogP contribution in [0.1, 0.15) is 128 Å². The number of carbonyl (C=O) groups is 4. The SMILES string of the molecule is CC.CC1=C(/C=C/C(C)=C/C=C/C(C)=C/C=C/C=C(C)/C=C/C=C(C)/C=C/C2=C(C)C(=O)C(OC(=O)C3CCCN3)CC2(C)C)C(C)(C)CC(OC(=O)C2CCCCN2)C1=O. The highest BCUT2D eigenvalue weighted by Crippen LogP contribution is 2.42. The van der Waals surface area contributed by atoms with E-state index >= 15 is 0 Å². The quantitative estimate of drug-likeness (QED) is 0.131. The van der Waals surface area contributed by atoms with Gasteiger partial charge in [0.1, 0.15) is 12.1 Å². The summed E-state index contributed by atoms with van der Waals surface area (Å²) in [6.07, 6.45) is 32.5. The molecule has 0 aromatic heterocycles. The Labute approximate surface area is 367 Å². The molecule has 8 nitrogen and oxygen atoms in total. The number of allylic oxidation sites excluding steroid dienone is 20. The van der Waals surface area contributed by atoms with Crippen LogP contribution in [0.4, 0.5) is 0 Å². The second-order valence-electron chi connectivity index (χ2n) is 17.9. The molecule has 2 aliphatic heterocycles. The first-order valence-electron chi connectivity index (χ1n) is 22.4. The third kappa shape index (κ3) is 15.3. The molecule has 2 fully saturated rings. The Balaban J connectivity index is 0.00000489. The average Bonchev–Trinajstić information content (AvgIpc) is 3.77. The van der Waals surface area contributed by atoms with Crippen LogP contribution in [-0.4, -0.2) is 60.9 Å². The molecule has 4 unspecified atom stereocenters. The van der Waals surface area contributed by atoms with Crippen LogP contribution in [-0.2, 0) is 28.7 Å². The van der Waals surface area contributed by atoms with Gasteiger partial charge in [-0.05, 0) is 113 Å². The van der Waals surface area contributed by atoms with Gasteiger partial charge in [0.25, 0.3) is 0 Å². The maximum Gasteiger partial charge on any atom is 0.323 e. The molecule has 4 atom stereocenters. The molecule has 0 saturated carbocycles. The van der Waals surface area contributed by atoms with E-state index < -0.39 is 12.2 Å². The normalized spacial score (nSPS) is 25.7. The summed E-state index contributed by atoms with van der Waals surface area (Å²) in [6.45, 7) is 25.8. The highest BCUT2D eigenvalue weighted by atomic mass is 16.6. The van der Waals surface area contributed by atoms with Crippen LogP contribution in [0.5, 0.6) is 0 Å². The number of nitrogens with one attached hydrogen (secondary N) is 2. The largest absolute Gasteiger partial charge is 0.453 e. The zero-order valence-corrected chi connectivity index (χ0v) is 39.2. The number of rotatable bonds is 14. The van der Waals surface area contributed by atoms with Crippen molar-refractivity contribution in [1.29, 1.82) is 0 Å². The van der Waals surface area contributed by atoms with Crippen molar-refractivity contribution < 1.29 is 28.7 Å². The van der Waals surface area contributed by atoms with Crippen molar-refractivity contribution in [3.63, 3.8) is 0 Å². The number of ketones is 2. The summed E-state index contributed by atoms with van der Waals surface area (Å²) in [6, 6.07) is -0.632. The fraction of sp³-hybridized carbons (Fsp3) is 0.509. The number of Topliss-reactive ketones (excluding diaryl/α,β-unsaturated/α-hetero) is 2. The molecule has 0 aromatic carbocycles. The zero-order chi connectivity index (χ0) is 45.3. The summed E-state index contributed by atoms with van der Waals surface area (Å²) < 4.78 is 11.4. The first kappa shape index (κ1) is 50.7. The molecular formula is C53H74N2O6. The number of ether oxygens (including phenoxy) is 2. The van der Waals surface area contributed by atoms with Crippen LogP contribution >= 0.6 is 0 Å². The van der Waals surface area contributed by atoms with Gasteiger partial charge in [0.15, 0.2) is 23.8 Å². The molecule has 2 heterocycles. The van der Waals surface area contributed by atoms with Crippen LogP contribution < -0.4 is 10.6 Å². The van der Waals surface area contributed by atoms with E-state index in [0.29, 0.717) is 24.0 Å². The summed E-state index contributed by atoms with van der Waals surface area (Å²) in [5, 5.41) is 6.37. The monoisotopic (exact) mass is 835 g/mol. The van der Waals surface area contributed by atoms with Gasteiger partial charge in [-0.1, -0.05) is 155 Å². The molecule has 0 spiro atoms. The summed E-state index contributed by atoms with van der Waals surface area (Å²) >= 11 is 0. The second-order valence-corrected chi connectivity index (χ2v) is 17.9. The van der Waals surface area contributed by atoms with Crippen molar-refractivity contribution in [3.8, 4) is 0 Å². The van der Waals surface area contributed by atoms with Gasteiger partial charge in [-0.25, -0.2) is 0 Å². The van der Waals surface area contributed by atoms with E-state index in [-0.39, 0.29) is 46.4 Å². The van der Waals surface area contributed by atoms with Crippen molar-refractivity contribution >= 4 is 23.5 Å². The van der Waals surface area contributed by atoms with Crippen LogP contribution in [0.3, 0.4) is 0 Å². The fourth-order valence-electron chi connectivity index (χ4n) is 8.14. The van der Waals surface area contributed by atoms with Gasteiger partial charge in [-0.2, -0.15) is 0 Å². The van der Waals surface area contributed by atoms with E-state index in [4.69, 9.17) is 9.47 Å². The molecule has 0 bridgehead atoms. The Kier molecular flexibility index (Phi) is 20.0. The van der Waals surface area contributed by atoms with Crippen molar-refractivity contribution in [2.75, 3.05) is 13.1 Å². The molecule has 332 valence electrons. The van der Waals surface area contributed by atoms with E-state index in [2.05, 4.69) is 76.5 Å². The highest BCUT2D eigenvalue weighted by Gasteiger charge is 2.42. The van der Waals surface area contributed by atoms with E-state index in [1.807, 2.05) is 102 Å². The molecular weight excluding hydrogens is 761 g/mol. The van der Waals surface area contributed by atoms with Gasteiger partial charge in [-0.3, -0.25) is 19.2 Å². The maximum absolute atomic E-state index is 13.2. The molecule has 4 aliphatic rings. The molecule has 2 saturated heterocycles. The van der Waals surface area contributed by atoms with Gasteiger partial charge in [0, 0.05) is 12.8 Å². The Hall–Kier alpha value is -4.66. The summed E-state index contributed by atoms with van der Waals surface area (Å²) in [7, 11) is 0. The third-order valence-corrected chi connectivity index (χ3v) is 11.7. The number of piperidine rings is 1. The van der Waals surface area contributed by atoms with Crippen molar-refractivity contribution in [1.82, 2.24) is 10.6 Å². The predicted molar refractivity (Wildman–Crippen MR) is 251 cm³/mol. The van der Waals surface area contributed by atoms with Crippen molar-refractivity contribution in [2.45, 2.75) is 152 Å². The van der Waals surface area contributed by atoms with Gasteiger partial charge < -0.3 is 20.1 Å². The number of esters is 2. The molecule has 4 rings (SSSR count). The molecule has 61 heavy (non-hydrogen) atoms. The molecule has 0 radical (unpaired) electrons. The van der Waals surface area contributed by atoms with Gasteiger partial charge in [-0.15, -0.1) is 0 Å². The van der Waals surface area contributed by atoms with E-state index in [1.165, 1.54) is 0 Å². The topological polar surface area (TPSA) is 111 Å². The van der Waals surface area contributed by atoms with E-state index in [1.54, 1.807) is 0 Å². The van der Waals surface area contributed by atoms with Gasteiger partial charge in [0.05, 0.1) is 0 Å². The first-order chi connectivity index (χ1) is 28.9. The number of hydrogen-bond donors (Lipinski definition) is 2. The lowest BCUT2D eigenvalue weighted by Gasteiger charge is -2.37. The molecule has 0 amide bonds. The smallest absolute Gasteiger partial charge is 0.323 e. The van der Waals surface area contributed by atoms with Gasteiger partial charge in [0.2, 0.25) is 0 Å². The van der Waals surface area contributed by atoms with Crippen LogP contribution in [0.25, 0.3) is 0 Å². The Morgan fingerprint density at radius 1 is 0.557 bits per heavy atom. The predicted octanol–water partition coefficient (Wildman–Crippen LogP) is 10.9. The Morgan fingerprint density at radius 2 is 0.918 bits per heavy atom. The molecule has 2 aliphatic carbocycles. The lowest BCUT2D eigenvalue weighted by molar-refractivity contribution is -0.158. The average molecular weight is 835 g/mol. The Morgan fingerprint density at radius 3 is 1.28 bits per heavy atom. The van der Waals surface area contributed by atoms with Crippen molar-refractivity contribution in [3.05, 3.63) is 130 Å². The third-order valence-electron chi connectivity index (χ3n) is 11.7. The first-order valence-corrected chi connectivity index (χ1v) is 22.4. The molecule has 2 N–H and O–H groups in total. The van der Waals surface area contributed by atoms with E-state index in [9.17, 15) is 19.2 Å².